The first-order chi connectivity index (χ1) is 15.2. The van der Waals surface area contributed by atoms with Crippen molar-refractivity contribution in [3.05, 3.63) is 40.9 Å². The van der Waals surface area contributed by atoms with Crippen molar-refractivity contribution >= 4 is 16.6 Å². The predicted molar refractivity (Wildman–Crippen MR) is 122 cm³/mol. The Balaban J connectivity index is 1.43. The Kier molecular flexibility index (Phi) is 4.72. The van der Waals surface area contributed by atoms with Crippen molar-refractivity contribution in [2.75, 3.05) is 25.2 Å². The number of aromatic hydroxyl groups is 1. The number of nitrogens with zero attached hydrogens (tertiary/aromatic N) is 5. The molecule has 2 aliphatic heterocycles. The molecule has 0 amide bonds. The molecular formula is C23H28N6O3. The molecule has 1 unspecified atom stereocenters. The molecule has 0 saturated carbocycles. The van der Waals surface area contributed by atoms with E-state index in [4.69, 9.17) is 4.74 Å². The van der Waals surface area contributed by atoms with Crippen molar-refractivity contribution in [2.24, 2.45) is 7.05 Å². The molecule has 5 rings (SSSR count). The lowest BCUT2D eigenvalue weighted by Crippen LogP contribution is -2.70. The molecule has 2 bridgehead atoms. The Bertz CT molecular complexity index is 1220. The molecule has 0 spiro atoms. The lowest BCUT2D eigenvalue weighted by Gasteiger charge is -2.54. The van der Waals surface area contributed by atoms with Gasteiger partial charge in [-0.05, 0) is 50.3 Å². The van der Waals surface area contributed by atoms with E-state index in [-0.39, 0.29) is 28.4 Å². The van der Waals surface area contributed by atoms with Gasteiger partial charge < -0.3 is 24.6 Å². The van der Waals surface area contributed by atoms with Crippen LogP contribution in [0.25, 0.3) is 22.2 Å². The third kappa shape index (κ3) is 3.51. The van der Waals surface area contributed by atoms with Crippen LogP contribution in [-0.4, -0.2) is 62.2 Å². The standard InChI is InChI=1S/C23H28N6O3/c1-22-9-15(10-23(2,27-22)13-32-12-22)29(4)19-11-24-20(26-25-19)17-7-14-5-6-28(3)21(31)16(14)8-18(17)30/h5-8,11,15,27,30H,9-10,12-13H2,1-4H3/t15?,22-,23+. The summed E-state index contributed by atoms with van der Waals surface area (Å²) in [6.07, 6.45) is 5.25. The van der Waals surface area contributed by atoms with Gasteiger partial charge in [0.15, 0.2) is 11.6 Å². The molecule has 0 aliphatic carbocycles. The number of hydrogen-bond donors (Lipinski definition) is 2. The molecule has 2 saturated heterocycles. The van der Waals surface area contributed by atoms with Crippen LogP contribution in [0.3, 0.4) is 0 Å². The Morgan fingerprint density at radius 2 is 1.94 bits per heavy atom. The molecule has 2 fully saturated rings. The molecule has 32 heavy (non-hydrogen) atoms. The Morgan fingerprint density at radius 1 is 1.22 bits per heavy atom. The van der Waals surface area contributed by atoms with Gasteiger partial charge in [0.1, 0.15) is 5.75 Å². The van der Waals surface area contributed by atoms with E-state index in [9.17, 15) is 9.90 Å². The Morgan fingerprint density at radius 3 is 2.59 bits per heavy atom. The molecule has 4 heterocycles. The summed E-state index contributed by atoms with van der Waals surface area (Å²) in [7, 11) is 3.70. The van der Waals surface area contributed by atoms with E-state index in [1.54, 1.807) is 25.5 Å². The number of aryl methyl sites for hydroxylation is 1. The number of phenols is 1. The van der Waals surface area contributed by atoms with Crippen LogP contribution in [0.5, 0.6) is 5.75 Å². The number of hydrogen-bond acceptors (Lipinski definition) is 8. The minimum Gasteiger partial charge on any atom is -0.507 e. The summed E-state index contributed by atoms with van der Waals surface area (Å²) in [5.41, 5.74) is 0.138. The molecule has 9 heteroatoms. The van der Waals surface area contributed by atoms with Crippen LogP contribution < -0.4 is 15.8 Å². The third-order valence-corrected chi connectivity index (χ3v) is 6.71. The molecule has 9 nitrogen and oxygen atoms in total. The number of benzene rings is 1. The van der Waals surface area contributed by atoms with Crippen molar-refractivity contribution in [3.8, 4) is 17.1 Å². The summed E-state index contributed by atoms with van der Waals surface area (Å²) < 4.78 is 7.31. The number of morpholine rings is 1. The third-order valence-electron chi connectivity index (χ3n) is 6.71. The minimum absolute atomic E-state index is 0.0456. The van der Waals surface area contributed by atoms with Crippen molar-refractivity contribution in [3.63, 3.8) is 0 Å². The monoisotopic (exact) mass is 436 g/mol. The second-order valence-electron chi connectivity index (χ2n) is 9.74. The van der Waals surface area contributed by atoms with Gasteiger partial charge in [0.05, 0.1) is 30.4 Å². The van der Waals surface area contributed by atoms with Crippen LogP contribution in [0, 0.1) is 0 Å². The van der Waals surface area contributed by atoms with Crippen LogP contribution in [0.2, 0.25) is 0 Å². The van der Waals surface area contributed by atoms with Crippen molar-refractivity contribution < 1.29 is 9.84 Å². The van der Waals surface area contributed by atoms with Gasteiger partial charge in [-0.25, -0.2) is 4.98 Å². The van der Waals surface area contributed by atoms with Crippen molar-refractivity contribution in [2.45, 2.75) is 43.8 Å². The van der Waals surface area contributed by atoms with E-state index in [0.29, 0.717) is 35.8 Å². The van der Waals surface area contributed by atoms with Crippen molar-refractivity contribution in [1.29, 1.82) is 0 Å². The summed E-state index contributed by atoms with van der Waals surface area (Å²) >= 11 is 0. The van der Waals surface area contributed by atoms with Gasteiger partial charge in [0, 0.05) is 37.4 Å². The zero-order valence-electron chi connectivity index (χ0n) is 18.8. The van der Waals surface area contributed by atoms with Gasteiger partial charge in [-0.1, -0.05) is 0 Å². The van der Waals surface area contributed by atoms with E-state index in [1.165, 1.54) is 10.6 Å². The fraction of sp³-hybridized carbons (Fsp3) is 0.478. The number of aromatic nitrogens is 4. The predicted octanol–water partition coefficient (Wildman–Crippen LogP) is 1.83. The highest BCUT2D eigenvalue weighted by Crippen LogP contribution is 2.36. The summed E-state index contributed by atoms with van der Waals surface area (Å²) in [4.78, 5) is 18.9. The Labute approximate surface area is 186 Å². The minimum atomic E-state index is -0.167. The fourth-order valence-corrected chi connectivity index (χ4v) is 5.21. The first-order valence-corrected chi connectivity index (χ1v) is 10.8. The SMILES string of the molecule is CN(c1cnc(-c2cc3ccn(C)c(=O)c3cc2O)nn1)C1C[C@]2(C)COC[C@](C)(C1)N2. The van der Waals surface area contributed by atoms with Crippen LogP contribution in [0.1, 0.15) is 26.7 Å². The van der Waals surface area contributed by atoms with E-state index in [1.807, 2.05) is 13.1 Å². The number of pyridine rings is 1. The maximum atomic E-state index is 12.3. The van der Waals surface area contributed by atoms with Crippen LogP contribution in [0.15, 0.2) is 35.4 Å². The number of anilines is 1. The fourth-order valence-electron chi connectivity index (χ4n) is 5.21. The first kappa shape index (κ1) is 20.8. The lowest BCUT2D eigenvalue weighted by atomic mass is 9.76. The zero-order valence-corrected chi connectivity index (χ0v) is 18.8. The average molecular weight is 437 g/mol. The summed E-state index contributed by atoms with van der Waals surface area (Å²) in [5.74, 6) is 0.952. The highest BCUT2D eigenvalue weighted by molar-refractivity contribution is 5.88. The van der Waals surface area contributed by atoms with E-state index in [0.717, 1.165) is 18.2 Å². The van der Waals surface area contributed by atoms with Crippen molar-refractivity contribution in [1.82, 2.24) is 25.1 Å². The molecule has 0 radical (unpaired) electrons. The summed E-state index contributed by atoms with van der Waals surface area (Å²) in [6, 6.07) is 5.30. The lowest BCUT2D eigenvalue weighted by molar-refractivity contribution is -0.0628. The Hall–Kier alpha value is -3.04. The number of piperidine rings is 1. The van der Waals surface area contributed by atoms with E-state index >= 15 is 0 Å². The van der Waals surface area contributed by atoms with Gasteiger partial charge >= 0.3 is 0 Å². The molecule has 1 aromatic carbocycles. The van der Waals surface area contributed by atoms with Gasteiger partial charge in [-0.3, -0.25) is 4.79 Å². The van der Waals surface area contributed by atoms with Gasteiger partial charge in [-0.2, -0.15) is 0 Å². The first-order valence-electron chi connectivity index (χ1n) is 10.8. The maximum Gasteiger partial charge on any atom is 0.258 e. The smallest absolute Gasteiger partial charge is 0.258 e. The zero-order chi connectivity index (χ0) is 22.7. The van der Waals surface area contributed by atoms with Gasteiger partial charge in [0.25, 0.3) is 5.56 Å². The molecule has 168 valence electrons. The molecule has 2 N–H and O–H groups in total. The average Bonchev–Trinajstić information content (AvgIpc) is 2.74. The van der Waals surface area contributed by atoms with Crippen LogP contribution in [-0.2, 0) is 11.8 Å². The molecule has 3 atom stereocenters. The van der Waals surface area contributed by atoms with Gasteiger partial charge in [0.2, 0.25) is 0 Å². The number of nitrogens with one attached hydrogen (secondary N) is 1. The highest BCUT2D eigenvalue weighted by atomic mass is 16.5. The number of ether oxygens (including phenoxy) is 1. The number of fused-ring (bicyclic) bond motifs is 3. The van der Waals surface area contributed by atoms with Gasteiger partial charge in [-0.15, -0.1) is 10.2 Å². The quantitative estimate of drug-likeness (QED) is 0.641. The number of phenolic OH excluding ortho intramolecular Hbond substituents is 1. The summed E-state index contributed by atoms with van der Waals surface area (Å²) in [6.45, 7) is 5.79. The summed E-state index contributed by atoms with van der Waals surface area (Å²) in [5, 5.41) is 24.1. The van der Waals surface area contributed by atoms with Crippen LogP contribution >= 0.6 is 0 Å². The van der Waals surface area contributed by atoms with E-state index < -0.39 is 0 Å². The van der Waals surface area contributed by atoms with E-state index in [2.05, 4.69) is 39.2 Å². The normalized spacial score (nSPS) is 27.4. The second kappa shape index (κ2) is 7.25. The molecular weight excluding hydrogens is 408 g/mol. The highest BCUT2D eigenvalue weighted by Gasteiger charge is 2.47. The second-order valence-corrected chi connectivity index (χ2v) is 9.74. The molecule has 2 aliphatic rings. The van der Waals surface area contributed by atoms with Crippen LogP contribution in [0.4, 0.5) is 5.82 Å². The number of rotatable bonds is 3. The largest absolute Gasteiger partial charge is 0.507 e. The topological polar surface area (TPSA) is 105 Å². The maximum absolute atomic E-state index is 12.3. The molecule has 3 aromatic rings. The molecule has 2 aromatic heterocycles.